The van der Waals surface area contributed by atoms with E-state index in [4.69, 9.17) is 9.84 Å². The molecule has 1 aliphatic heterocycles. The van der Waals surface area contributed by atoms with E-state index in [1.807, 2.05) is 0 Å². The summed E-state index contributed by atoms with van der Waals surface area (Å²) in [6.45, 7) is 0.871. The van der Waals surface area contributed by atoms with E-state index in [1.54, 1.807) is 25.2 Å². The molecular weight excluding hydrogens is 254 g/mol. The average molecular weight is 271 g/mol. The highest BCUT2D eigenvalue weighted by Crippen LogP contribution is 2.21. The Hall–Kier alpha value is -0.950. The number of aliphatic hydroxyl groups is 1. The molecule has 1 atom stereocenters. The molecule has 18 heavy (non-hydrogen) atoms. The number of likely N-dealkylation sites (N-methyl/N-ethyl adjacent to an activating group) is 1. The van der Waals surface area contributed by atoms with Crippen LogP contribution in [0.2, 0.25) is 0 Å². The van der Waals surface area contributed by atoms with Crippen LogP contribution in [0.15, 0.2) is 29.2 Å². The fourth-order valence-corrected chi connectivity index (χ4v) is 3.42. The molecular formula is C12H17NO4S. The van der Waals surface area contributed by atoms with E-state index in [0.29, 0.717) is 18.8 Å². The van der Waals surface area contributed by atoms with Crippen molar-refractivity contribution in [2.75, 3.05) is 20.3 Å². The van der Waals surface area contributed by atoms with Crippen LogP contribution in [0.1, 0.15) is 12.0 Å². The number of hydrogen-bond donors (Lipinski definition) is 1. The molecule has 1 heterocycles. The molecule has 1 saturated heterocycles. The lowest BCUT2D eigenvalue weighted by Crippen LogP contribution is -2.37. The lowest BCUT2D eigenvalue weighted by Gasteiger charge is -2.22. The van der Waals surface area contributed by atoms with E-state index < -0.39 is 10.0 Å². The van der Waals surface area contributed by atoms with Crippen molar-refractivity contribution in [3.05, 3.63) is 29.8 Å². The SMILES string of the molecule is CN(C1CCOC1)S(=O)(=O)c1cccc(CO)c1. The van der Waals surface area contributed by atoms with Gasteiger partial charge in [0.25, 0.3) is 0 Å². The monoisotopic (exact) mass is 271 g/mol. The zero-order valence-electron chi connectivity index (χ0n) is 10.2. The predicted octanol–water partition coefficient (Wildman–Crippen LogP) is 0.588. The van der Waals surface area contributed by atoms with E-state index in [9.17, 15) is 8.42 Å². The third kappa shape index (κ3) is 2.56. The van der Waals surface area contributed by atoms with Gasteiger partial charge in [-0.05, 0) is 24.1 Å². The highest BCUT2D eigenvalue weighted by molar-refractivity contribution is 7.89. The van der Waals surface area contributed by atoms with E-state index in [2.05, 4.69) is 0 Å². The van der Waals surface area contributed by atoms with Gasteiger partial charge >= 0.3 is 0 Å². The molecule has 1 unspecified atom stereocenters. The molecule has 1 N–H and O–H groups in total. The van der Waals surface area contributed by atoms with Crippen molar-refractivity contribution in [1.29, 1.82) is 0 Å². The van der Waals surface area contributed by atoms with Gasteiger partial charge in [0.05, 0.1) is 24.2 Å². The molecule has 0 aromatic heterocycles. The Bertz CT molecular complexity index is 509. The second-order valence-corrected chi connectivity index (χ2v) is 6.34. The molecule has 0 radical (unpaired) electrons. The molecule has 0 spiro atoms. The highest BCUT2D eigenvalue weighted by atomic mass is 32.2. The van der Waals surface area contributed by atoms with Gasteiger partial charge in [0.1, 0.15) is 0 Å². The van der Waals surface area contributed by atoms with Crippen LogP contribution < -0.4 is 0 Å². The molecule has 0 aliphatic carbocycles. The average Bonchev–Trinajstić information content (AvgIpc) is 2.91. The van der Waals surface area contributed by atoms with Gasteiger partial charge < -0.3 is 9.84 Å². The maximum Gasteiger partial charge on any atom is 0.243 e. The number of nitrogens with zero attached hydrogens (tertiary/aromatic N) is 1. The highest BCUT2D eigenvalue weighted by Gasteiger charge is 2.30. The number of benzene rings is 1. The Balaban J connectivity index is 2.28. The van der Waals surface area contributed by atoms with Crippen molar-refractivity contribution in [1.82, 2.24) is 4.31 Å². The van der Waals surface area contributed by atoms with E-state index in [1.165, 1.54) is 10.4 Å². The van der Waals surface area contributed by atoms with Crippen LogP contribution in [-0.2, 0) is 21.4 Å². The van der Waals surface area contributed by atoms with Crippen molar-refractivity contribution < 1.29 is 18.3 Å². The lowest BCUT2D eigenvalue weighted by molar-refractivity contribution is 0.181. The smallest absolute Gasteiger partial charge is 0.243 e. The summed E-state index contributed by atoms with van der Waals surface area (Å²) in [6.07, 6.45) is 0.718. The molecule has 5 nitrogen and oxygen atoms in total. The summed E-state index contributed by atoms with van der Waals surface area (Å²) in [6, 6.07) is 6.27. The first-order valence-electron chi connectivity index (χ1n) is 5.81. The molecule has 2 rings (SSSR count). The maximum absolute atomic E-state index is 12.4. The van der Waals surface area contributed by atoms with Crippen LogP contribution in [0, 0.1) is 0 Å². The van der Waals surface area contributed by atoms with Crippen molar-refractivity contribution in [3.63, 3.8) is 0 Å². The van der Waals surface area contributed by atoms with Gasteiger partial charge in [-0.3, -0.25) is 0 Å². The summed E-state index contributed by atoms with van der Waals surface area (Å²) in [5.74, 6) is 0. The Morgan fingerprint density at radius 3 is 2.89 bits per heavy atom. The standard InChI is InChI=1S/C12H17NO4S/c1-13(11-5-6-17-9-11)18(15,16)12-4-2-3-10(7-12)8-14/h2-4,7,11,14H,5-6,8-9H2,1H3. The summed E-state index contributed by atoms with van der Waals surface area (Å²) >= 11 is 0. The van der Waals surface area contributed by atoms with Crippen LogP contribution >= 0.6 is 0 Å². The molecule has 0 amide bonds. The Morgan fingerprint density at radius 1 is 1.50 bits per heavy atom. The molecule has 0 bridgehead atoms. The summed E-state index contributed by atoms with van der Waals surface area (Å²) in [5.41, 5.74) is 0.590. The molecule has 1 aliphatic rings. The normalized spacial score (nSPS) is 20.5. The fourth-order valence-electron chi connectivity index (χ4n) is 1.98. The molecule has 1 aromatic carbocycles. The number of aliphatic hydroxyl groups excluding tert-OH is 1. The van der Waals surface area contributed by atoms with Crippen LogP contribution in [0.25, 0.3) is 0 Å². The Kier molecular flexibility index (Phi) is 4.01. The second kappa shape index (κ2) is 5.36. The van der Waals surface area contributed by atoms with Crippen molar-refractivity contribution in [2.24, 2.45) is 0 Å². The number of rotatable bonds is 4. The first-order chi connectivity index (χ1) is 8.55. The number of ether oxygens (including phenoxy) is 1. The summed E-state index contributed by atoms with van der Waals surface area (Å²) < 4.78 is 31.3. The van der Waals surface area contributed by atoms with Gasteiger partial charge in [-0.25, -0.2) is 8.42 Å². The molecule has 1 fully saturated rings. The van der Waals surface area contributed by atoms with Gasteiger partial charge in [0.2, 0.25) is 10.0 Å². The topological polar surface area (TPSA) is 66.8 Å². The van der Waals surface area contributed by atoms with Crippen LogP contribution in [0.3, 0.4) is 0 Å². The van der Waals surface area contributed by atoms with E-state index >= 15 is 0 Å². The van der Waals surface area contributed by atoms with Crippen molar-refractivity contribution in [2.45, 2.75) is 24.0 Å². The number of sulfonamides is 1. The van der Waals surface area contributed by atoms with Crippen molar-refractivity contribution in [3.8, 4) is 0 Å². The zero-order chi connectivity index (χ0) is 13.2. The Morgan fingerprint density at radius 2 is 2.28 bits per heavy atom. The van der Waals surface area contributed by atoms with E-state index in [0.717, 1.165) is 6.42 Å². The minimum Gasteiger partial charge on any atom is -0.392 e. The second-order valence-electron chi connectivity index (χ2n) is 4.34. The van der Waals surface area contributed by atoms with Gasteiger partial charge in [-0.15, -0.1) is 0 Å². The van der Waals surface area contributed by atoms with E-state index in [-0.39, 0.29) is 17.5 Å². The Labute approximate surface area is 107 Å². The zero-order valence-corrected chi connectivity index (χ0v) is 11.1. The molecule has 0 saturated carbocycles. The summed E-state index contributed by atoms with van der Waals surface area (Å²) in [7, 11) is -1.94. The summed E-state index contributed by atoms with van der Waals surface area (Å²) in [5, 5.41) is 9.05. The van der Waals surface area contributed by atoms with Crippen LogP contribution in [0.4, 0.5) is 0 Å². The lowest BCUT2D eigenvalue weighted by atomic mass is 10.2. The van der Waals surface area contributed by atoms with Gasteiger partial charge in [0, 0.05) is 13.7 Å². The predicted molar refractivity (Wildman–Crippen MR) is 66.5 cm³/mol. The maximum atomic E-state index is 12.4. The van der Waals surface area contributed by atoms with Gasteiger partial charge in [-0.2, -0.15) is 4.31 Å². The van der Waals surface area contributed by atoms with Crippen molar-refractivity contribution >= 4 is 10.0 Å². The largest absolute Gasteiger partial charge is 0.392 e. The first kappa shape index (κ1) is 13.5. The van der Waals surface area contributed by atoms with Crippen LogP contribution in [-0.4, -0.2) is 44.1 Å². The third-order valence-electron chi connectivity index (χ3n) is 3.18. The van der Waals surface area contributed by atoms with Gasteiger partial charge in [0.15, 0.2) is 0 Å². The third-order valence-corrected chi connectivity index (χ3v) is 5.08. The molecule has 6 heteroatoms. The summed E-state index contributed by atoms with van der Waals surface area (Å²) in [4.78, 5) is 0.212. The minimum absolute atomic E-state index is 0.104. The quantitative estimate of drug-likeness (QED) is 0.870. The molecule has 1 aromatic rings. The van der Waals surface area contributed by atoms with Gasteiger partial charge in [-0.1, -0.05) is 12.1 Å². The fraction of sp³-hybridized carbons (Fsp3) is 0.500. The first-order valence-corrected chi connectivity index (χ1v) is 7.25. The van der Waals surface area contributed by atoms with Crippen LogP contribution in [0.5, 0.6) is 0 Å². The molecule has 100 valence electrons. The number of hydrogen-bond acceptors (Lipinski definition) is 4. The minimum atomic E-state index is -3.51.